The van der Waals surface area contributed by atoms with Crippen LogP contribution in [-0.4, -0.2) is 57.3 Å². The summed E-state index contributed by atoms with van der Waals surface area (Å²) in [6.45, 7) is 0.618. The van der Waals surface area contributed by atoms with Crippen LogP contribution in [0.15, 0.2) is 52.4 Å². The van der Waals surface area contributed by atoms with E-state index in [-0.39, 0.29) is 17.0 Å². The summed E-state index contributed by atoms with van der Waals surface area (Å²) < 4.78 is 32.4. The van der Waals surface area contributed by atoms with Crippen molar-refractivity contribution in [2.75, 3.05) is 13.1 Å². The third-order valence-electron chi connectivity index (χ3n) is 4.84. The van der Waals surface area contributed by atoms with E-state index in [1.54, 1.807) is 11.9 Å². The molecule has 0 N–H and O–H groups in total. The lowest BCUT2D eigenvalue weighted by atomic mass is 10.1. The van der Waals surface area contributed by atoms with Crippen LogP contribution in [0, 0.1) is 0 Å². The monoisotopic (exact) mass is 401 g/mol. The maximum Gasteiger partial charge on any atom is 0.309 e. The zero-order chi connectivity index (χ0) is 19.7. The minimum Gasteiger partial charge on any atom is -0.432 e. The standard InChI is InChI=1S/C18H19N5O4S/c1-22-12-20-21-18(22)28(25,26)14-7-9-23(10-8-14)17(24)16-19-11-15(27-16)13-5-3-2-4-6-13/h2-6,11-12,14H,7-10H2,1H3. The van der Waals surface area contributed by atoms with Gasteiger partial charge in [0, 0.05) is 25.7 Å². The van der Waals surface area contributed by atoms with Crippen molar-refractivity contribution in [1.82, 2.24) is 24.6 Å². The summed E-state index contributed by atoms with van der Waals surface area (Å²) in [6.07, 6.45) is 3.53. The average Bonchev–Trinajstić information content (AvgIpc) is 3.38. The van der Waals surface area contributed by atoms with Crippen LogP contribution >= 0.6 is 0 Å². The van der Waals surface area contributed by atoms with E-state index in [1.165, 1.54) is 17.1 Å². The number of benzene rings is 1. The molecule has 0 unspecified atom stereocenters. The molecule has 0 aliphatic carbocycles. The third kappa shape index (κ3) is 3.31. The van der Waals surface area contributed by atoms with Gasteiger partial charge in [0.15, 0.2) is 5.76 Å². The highest BCUT2D eigenvalue weighted by atomic mass is 32.2. The van der Waals surface area contributed by atoms with Gasteiger partial charge in [-0.05, 0) is 12.8 Å². The molecule has 4 rings (SSSR count). The Morgan fingerprint density at radius 1 is 1.18 bits per heavy atom. The molecule has 1 aromatic carbocycles. The van der Waals surface area contributed by atoms with Crippen LogP contribution in [0.5, 0.6) is 0 Å². The lowest BCUT2D eigenvalue weighted by molar-refractivity contribution is 0.0686. The van der Waals surface area contributed by atoms with Crippen LogP contribution in [-0.2, 0) is 16.9 Å². The number of aromatic nitrogens is 4. The van der Waals surface area contributed by atoms with E-state index in [9.17, 15) is 13.2 Å². The fourth-order valence-electron chi connectivity index (χ4n) is 3.29. The largest absolute Gasteiger partial charge is 0.432 e. The second-order valence-corrected chi connectivity index (χ2v) is 8.78. The maximum atomic E-state index is 12.7. The van der Waals surface area contributed by atoms with Crippen molar-refractivity contribution in [3.05, 3.63) is 48.7 Å². The summed E-state index contributed by atoms with van der Waals surface area (Å²) >= 11 is 0. The van der Waals surface area contributed by atoms with Crippen LogP contribution < -0.4 is 0 Å². The molecule has 0 atom stereocenters. The fraction of sp³-hybridized carbons (Fsp3) is 0.333. The second-order valence-electron chi connectivity index (χ2n) is 6.66. The smallest absolute Gasteiger partial charge is 0.309 e. The van der Waals surface area contributed by atoms with Gasteiger partial charge in [-0.3, -0.25) is 4.79 Å². The van der Waals surface area contributed by atoms with E-state index in [1.807, 2.05) is 30.3 Å². The summed E-state index contributed by atoms with van der Waals surface area (Å²) in [5.74, 6) is 0.189. The molecule has 2 aromatic heterocycles. The number of piperidine rings is 1. The first-order valence-electron chi connectivity index (χ1n) is 8.85. The molecule has 3 aromatic rings. The molecule has 1 saturated heterocycles. The van der Waals surface area contributed by atoms with Gasteiger partial charge in [0.05, 0.1) is 11.4 Å². The minimum atomic E-state index is -3.58. The van der Waals surface area contributed by atoms with Gasteiger partial charge < -0.3 is 13.9 Å². The molecule has 28 heavy (non-hydrogen) atoms. The molecule has 0 saturated carbocycles. The first-order valence-corrected chi connectivity index (χ1v) is 10.4. The van der Waals surface area contributed by atoms with Crippen molar-refractivity contribution in [3.8, 4) is 11.3 Å². The van der Waals surface area contributed by atoms with E-state index in [2.05, 4.69) is 15.2 Å². The number of nitrogens with zero attached hydrogens (tertiary/aromatic N) is 5. The van der Waals surface area contributed by atoms with Gasteiger partial charge in [-0.25, -0.2) is 13.4 Å². The molecule has 0 radical (unpaired) electrons. The van der Waals surface area contributed by atoms with Gasteiger partial charge in [-0.1, -0.05) is 30.3 Å². The number of hydrogen-bond donors (Lipinski definition) is 0. The first-order chi connectivity index (χ1) is 13.5. The molecular formula is C18H19N5O4S. The highest BCUT2D eigenvalue weighted by molar-refractivity contribution is 7.91. The van der Waals surface area contributed by atoms with E-state index in [0.717, 1.165) is 5.56 Å². The number of hydrogen-bond acceptors (Lipinski definition) is 7. The van der Waals surface area contributed by atoms with Gasteiger partial charge in [-0.2, -0.15) is 0 Å². The number of likely N-dealkylation sites (tertiary alicyclic amines) is 1. The highest BCUT2D eigenvalue weighted by Crippen LogP contribution is 2.25. The van der Waals surface area contributed by atoms with E-state index >= 15 is 0 Å². The summed E-state index contributed by atoms with van der Waals surface area (Å²) in [4.78, 5) is 18.3. The number of carbonyl (C=O) groups is 1. The van der Waals surface area contributed by atoms with Crippen LogP contribution in [0.4, 0.5) is 0 Å². The molecule has 1 aliphatic rings. The van der Waals surface area contributed by atoms with Crippen molar-refractivity contribution < 1.29 is 17.6 Å². The van der Waals surface area contributed by atoms with Crippen LogP contribution in [0.25, 0.3) is 11.3 Å². The number of oxazole rings is 1. The molecule has 10 heteroatoms. The van der Waals surface area contributed by atoms with Gasteiger partial charge in [0.2, 0.25) is 15.0 Å². The summed E-state index contributed by atoms with van der Waals surface area (Å²) in [5, 5.41) is 6.72. The molecule has 3 heterocycles. The molecule has 0 bridgehead atoms. The Kier molecular flexibility index (Phi) is 4.71. The van der Waals surface area contributed by atoms with E-state index < -0.39 is 15.1 Å². The molecule has 1 amide bonds. The Morgan fingerprint density at radius 3 is 2.54 bits per heavy atom. The van der Waals surface area contributed by atoms with Crippen LogP contribution in [0.1, 0.15) is 23.5 Å². The van der Waals surface area contributed by atoms with Crippen molar-refractivity contribution >= 4 is 15.7 Å². The molecule has 1 aliphatic heterocycles. The second kappa shape index (κ2) is 7.19. The van der Waals surface area contributed by atoms with Crippen molar-refractivity contribution in [2.45, 2.75) is 23.2 Å². The Balaban J connectivity index is 1.44. The van der Waals surface area contributed by atoms with Gasteiger partial charge in [0.25, 0.3) is 5.89 Å². The summed E-state index contributed by atoms with van der Waals surface area (Å²) in [5.41, 5.74) is 0.836. The van der Waals surface area contributed by atoms with Gasteiger partial charge in [0.1, 0.15) is 6.33 Å². The lowest BCUT2D eigenvalue weighted by Crippen LogP contribution is -2.43. The fourth-order valence-corrected chi connectivity index (χ4v) is 5.03. The molecule has 9 nitrogen and oxygen atoms in total. The van der Waals surface area contributed by atoms with E-state index in [0.29, 0.717) is 31.7 Å². The van der Waals surface area contributed by atoms with Crippen molar-refractivity contribution in [3.63, 3.8) is 0 Å². The zero-order valence-electron chi connectivity index (χ0n) is 15.2. The molecular weight excluding hydrogens is 382 g/mol. The third-order valence-corrected chi connectivity index (χ3v) is 7.07. The number of aryl methyl sites for hydroxylation is 1. The first kappa shape index (κ1) is 18.4. The molecule has 1 fully saturated rings. The van der Waals surface area contributed by atoms with Crippen LogP contribution in [0.3, 0.4) is 0 Å². The number of rotatable bonds is 4. The Hall–Kier alpha value is -3.01. The quantitative estimate of drug-likeness (QED) is 0.652. The average molecular weight is 401 g/mol. The Bertz CT molecular complexity index is 1080. The van der Waals surface area contributed by atoms with Crippen LogP contribution in [0.2, 0.25) is 0 Å². The lowest BCUT2D eigenvalue weighted by Gasteiger charge is -2.30. The van der Waals surface area contributed by atoms with Gasteiger partial charge in [-0.15, -0.1) is 10.2 Å². The highest BCUT2D eigenvalue weighted by Gasteiger charge is 2.36. The van der Waals surface area contributed by atoms with Crippen molar-refractivity contribution in [1.29, 1.82) is 0 Å². The topological polar surface area (TPSA) is 111 Å². The predicted octanol–water partition coefficient (Wildman–Crippen LogP) is 1.55. The Labute approximate surface area is 161 Å². The van der Waals surface area contributed by atoms with E-state index in [4.69, 9.17) is 4.42 Å². The summed E-state index contributed by atoms with van der Waals surface area (Å²) in [6, 6.07) is 9.39. The predicted molar refractivity (Wildman–Crippen MR) is 99.1 cm³/mol. The summed E-state index contributed by atoms with van der Waals surface area (Å²) in [7, 11) is -1.99. The van der Waals surface area contributed by atoms with Gasteiger partial charge >= 0.3 is 5.91 Å². The Morgan fingerprint density at radius 2 is 1.89 bits per heavy atom. The normalized spacial score (nSPS) is 15.7. The zero-order valence-corrected chi connectivity index (χ0v) is 16.0. The SMILES string of the molecule is Cn1cnnc1S(=O)(=O)C1CCN(C(=O)c2ncc(-c3ccccc3)o2)CC1. The number of amides is 1. The minimum absolute atomic E-state index is 0.00783. The maximum absolute atomic E-state index is 12.7. The molecule has 0 spiro atoms. The number of sulfone groups is 1. The number of carbonyl (C=O) groups excluding carboxylic acids is 1. The molecule has 146 valence electrons. The van der Waals surface area contributed by atoms with Crippen molar-refractivity contribution in [2.24, 2.45) is 7.05 Å².